The Hall–Kier alpha value is -4.39. The van der Waals surface area contributed by atoms with Crippen LogP contribution in [0, 0.1) is 6.92 Å². The van der Waals surface area contributed by atoms with E-state index in [4.69, 9.17) is 9.73 Å². The quantitative estimate of drug-likeness (QED) is 0.333. The Morgan fingerprint density at radius 3 is 2.26 bits per heavy atom. The SMILES string of the molecule is COC(=O)c1cc2[nH]c(O)c(C(=Nc3ccc(C(=O)N(C)C)cc3)c3ccccc3)c2cc1C. The number of aromatic amines is 1. The van der Waals surface area contributed by atoms with E-state index < -0.39 is 5.97 Å². The van der Waals surface area contributed by atoms with E-state index in [0.29, 0.717) is 33.6 Å². The average molecular weight is 456 g/mol. The zero-order valence-corrected chi connectivity index (χ0v) is 19.4. The van der Waals surface area contributed by atoms with Crippen LogP contribution in [0.5, 0.6) is 5.88 Å². The molecular weight excluding hydrogens is 430 g/mol. The minimum atomic E-state index is -0.445. The highest BCUT2D eigenvalue weighted by molar-refractivity contribution is 6.22. The number of carbonyl (C=O) groups excluding carboxylic acids is 2. The Labute approximate surface area is 197 Å². The molecule has 1 aromatic heterocycles. The van der Waals surface area contributed by atoms with Gasteiger partial charge in [0.1, 0.15) is 0 Å². The van der Waals surface area contributed by atoms with E-state index in [1.54, 1.807) is 44.4 Å². The monoisotopic (exact) mass is 455 g/mol. The number of aryl methyl sites for hydroxylation is 1. The number of aromatic hydroxyl groups is 1. The Morgan fingerprint density at radius 1 is 0.971 bits per heavy atom. The van der Waals surface area contributed by atoms with Gasteiger partial charge in [-0.15, -0.1) is 0 Å². The van der Waals surface area contributed by atoms with Gasteiger partial charge in [-0.1, -0.05) is 30.3 Å². The molecule has 1 heterocycles. The number of aliphatic imine (C=N–C) groups is 1. The third-order valence-corrected chi connectivity index (χ3v) is 5.57. The molecule has 0 saturated carbocycles. The highest BCUT2D eigenvalue weighted by Crippen LogP contribution is 2.33. The molecule has 0 aliphatic rings. The second-order valence-electron chi connectivity index (χ2n) is 8.13. The number of esters is 1. The van der Waals surface area contributed by atoms with Crippen LogP contribution in [0.15, 0.2) is 71.7 Å². The first-order chi connectivity index (χ1) is 16.3. The third kappa shape index (κ3) is 4.28. The van der Waals surface area contributed by atoms with E-state index in [1.165, 1.54) is 12.0 Å². The first-order valence-corrected chi connectivity index (χ1v) is 10.7. The molecule has 0 saturated heterocycles. The van der Waals surface area contributed by atoms with Crippen molar-refractivity contribution in [1.29, 1.82) is 0 Å². The number of amides is 1. The molecule has 4 aromatic rings. The predicted molar refractivity (Wildman–Crippen MR) is 132 cm³/mol. The topological polar surface area (TPSA) is 95.0 Å². The van der Waals surface area contributed by atoms with Gasteiger partial charge in [0.25, 0.3) is 5.91 Å². The number of ether oxygens (including phenoxy) is 1. The fourth-order valence-electron chi connectivity index (χ4n) is 3.83. The van der Waals surface area contributed by atoms with Crippen molar-refractivity contribution in [1.82, 2.24) is 9.88 Å². The molecule has 0 fully saturated rings. The highest BCUT2D eigenvalue weighted by Gasteiger charge is 2.21. The van der Waals surface area contributed by atoms with Gasteiger partial charge in [-0.2, -0.15) is 0 Å². The Kier molecular flexibility index (Phi) is 6.19. The summed E-state index contributed by atoms with van der Waals surface area (Å²) in [6.45, 7) is 1.82. The fourth-order valence-corrected chi connectivity index (χ4v) is 3.83. The normalized spacial score (nSPS) is 11.5. The summed E-state index contributed by atoms with van der Waals surface area (Å²) >= 11 is 0. The summed E-state index contributed by atoms with van der Waals surface area (Å²) in [7, 11) is 4.74. The van der Waals surface area contributed by atoms with Crippen LogP contribution in [0.25, 0.3) is 10.9 Å². The van der Waals surface area contributed by atoms with Gasteiger partial charge in [-0.05, 0) is 48.9 Å². The summed E-state index contributed by atoms with van der Waals surface area (Å²) in [5, 5.41) is 11.6. The molecule has 34 heavy (non-hydrogen) atoms. The first kappa shape index (κ1) is 22.8. The lowest BCUT2D eigenvalue weighted by Gasteiger charge is -2.11. The van der Waals surface area contributed by atoms with Gasteiger partial charge in [-0.25, -0.2) is 9.79 Å². The van der Waals surface area contributed by atoms with E-state index in [0.717, 1.165) is 16.5 Å². The van der Waals surface area contributed by atoms with Crippen LogP contribution in [-0.4, -0.2) is 53.8 Å². The van der Waals surface area contributed by atoms with E-state index in [-0.39, 0.29) is 11.8 Å². The molecule has 1 amide bonds. The van der Waals surface area contributed by atoms with Crippen LogP contribution in [0.2, 0.25) is 0 Å². The lowest BCUT2D eigenvalue weighted by Crippen LogP contribution is -2.21. The van der Waals surface area contributed by atoms with E-state index >= 15 is 0 Å². The number of nitrogens with one attached hydrogen (secondary N) is 1. The van der Waals surface area contributed by atoms with Gasteiger partial charge >= 0.3 is 5.97 Å². The summed E-state index contributed by atoms with van der Waals surface area (Å²) < 4.78 is 4.87. The van der Waals surface area contributed by atoms with Gasteiger partial charge in [0, 0.05) is 36.1 Å². The Bertz CT molecular complexity index is 1400. The number of hydrogen-bond donors (Lipinski definition) is 2. The average Bonchev–Trinajstić information content (AvgIpc) is 3.16. The lowest BCUT2D eigenvalue weighted by atomic mass is 9.98. The zero-order chi connectivity index (χ0) is 24.4. The molecule has 7 nitrogen and oxygen atoms in total. The van der Waals surface area contributed by atoms with Crippen molar-refractivity contribution in [2.75, 3.05) is 21.2 Å². The molecule has 0 radical (unpaired) electrons. The van der Waals surface area contributed by atoms with Crippen molar-refractivity contribution in [2.24, 2.45) is 4.99 Å². The summed E-state index contributed by atoms with van der Waals surface area (Å²) in [5.74, 6) is -0.595. The van der Waals surface area contributed by atoms with Gasteiger partial charge in [-0.3, -0.25) is 4.79 Å². The molecule has 2 N–H and O–H groups in total. The number of carbonyl (C=O) groups is 2. The van der Waals surface area contributed by atoms with Gasteiger partial charge < -0.3 is 19.7 Å². The van der Waals surface area contributed by atoms with Crippen LogP contribution in [0.3, 0.4) is 0 Å². The number of H-pyrrole nitrogens is 1. The number of aromatic nitrogens is 1. The molecule has 4 rings (SSSR count). The van der Waals surface area contributed by atoms with Crippen molar-refractivity contribution in [3.8, 4) is 5.88 Å². The molecule has 0 aliphatic heterocycles. The number of methoxy groups -OCH3 is 1. The van der Waals surface area contributed by atoms with Gasteiger partial charge in [0.2, 0.25) is 0 Å². The summed E-state index contributed by atoms with van der Waals surface area (Å²) in [4.78, 5) is 33.7. The maximum absolute atomic E-state index is 12.2. The first-order valence-electron chi connectivity index (χ1n) is 10.7. The van der Waals surface area contributed by atoms with Gasteiger partial charge in [0.15, 0.2) is 5.88 Å². The van der Waals surface area contributed by atoms with Crippen molar-refractivity contribution in [2.45, 2.75) is 6.92 Å². The standard InChI is InChI=1S/C27H25N3O4/c1-16-14-21-22(15-20(16)27(33)34-4)29-25(31)23(21)24(17-8-6-5-7-9-17)28-19-12-10-18(11-13-19)26(32)30(2)3/h5-15,29,31H,1-4H3. The Balaban J connectivity index is 1.89. The third-order valence-electron chi connectivity index (χ3n) is 5.57. The van der Waals surface area contributed by atoms with E-state index in [9.17, 15) is 14.7 Å². The highest BCUT2D eigenvalue weighted by atomic mass is 16.5. The number of fused-ring (bicyclic) bond motifs is 1. The van der Waals surface area contributed by atoms with Crippen LogP contribution < -0.4 is 0 Å². The molecule has 3 aromatic carbocycles. The second kappa shape index (κ2) is 9.23. The summed E-state index contributed by atoms with van der Waals surface area (Å²) in [6, 6.07) is 20.0. The number of rotatable bonds is 5. The molecule has 0 spiro atoms. The number of benzene rings is 3. The lowest BCUT2D eigenvalue weighted by molar-refractivity contribution is 0.0600. The fraction of sp³-hybridized carbons (Fsp3) is 0.148. The molecule has 172 valence electrons. The van der Waals surface area contributed by atoms with Crippen LogP contribution in [0.4, 0.5) is 5.69 Å². The number of hydrogen-bond acceptors (Lipinski definition) is 5. The van der Waals surface area contributed by atoms with Crippen molar-refractivity contribution in [3.63, 3.8) is 0 Å². The minimum Gasteiger partial charge on any atom is -0.494 e. The van der Waals surface area contributed by atoms with E-state index in [1.807, 2.05) is 43.3 Å². The molecule has 0 aliphatic carbocycles. The zero-order valence-electron chi connectivity index (χ0n) is 19.4. The molecule has 0 unspecified atom stereocenters. The summed E-state index contributed by atoms with van der Waals surface area (Å²) in [6.07, 6.45) is 0. The summed E-state index contributed by atoms with van der Waals surface area (Å²) in [5.41, 5.74) is 4.81. The molecule has 0 bridgehead atoms. The van der Waals surface area contributed by atoms with Gasteiger partial charge in [0.05, 0.1) is 29.6 Å². The van der Waals surface area contributed by atoms with Crippen LogP contribution >= 0.6 is 0 Å². The maximum atomic E-state index is 12.2. The van der Waals surface area contributed by atoms with E-state index in [2.05, 4.69) is 4.98 Å². The molecule has 7 heteroatoms. The minimum absolute atomic E-state index is 0.0570. The van der Waals surface area contributed by atoms with Crippen molar-refractivity contribution >= 4 is 34.2 Å². The van der Waals surface area contributed by atoms with Crippen molar-refractivity contribution < 1.29 is 19.4 Å². The molecule has 0 atom stereocenters. The maximum Gasteiger partial charge on any atom is 0.338 e. The smallest absolute Gasteiger partial charge is 0.338 e. The molecular formula is C27H25N3O4. The Morgan fingerprint density at radius 2 is 1.65 bits per heavy atom. The number of nitrogens with zero attached hydrogens (tertiary/aromatic N) is 2. The van der Waals surface area contributed by atoms with Crippen molar-refractivity contribution in [3.05, 3.63) is 94.5 Å². The largest absolute Gasteiger partial charge is 0.494 e. The predicted octanol–water partition coefficient (Wildman–Crippen LogP) is 4.84. The van der Waals surface area contributed by atoms with Crippen LogP contribution in [-0.2, 0) is 4.74 Å². The van der Waals surface area contributed by atoms with Crippen LogP contribution in [0.1, 0.15) is 37.4 Å². The second-order valence-corrected chi connectivity index (χ2v) is 8.13.